The smallest absolute Gasteiger partial charge is 0.264 e. The minimum absolute atomic E-state index is 0.108. The molecule has 0 aliphatic heterocycles. The largest absolute Gasteiger partial charge is 0.488 e. The molecule has 0 aliphatic rings. The van der Waals surface area contributed by atoms with Gasteiger partial charge in [0.25, 0.3) is 10.0 Å². The number of hydrogen-bond donors (Lipinski definition) is 1. The zero-order valence-corrected chi connectivity index (χ0v) is 23.4. The van der Waals surface area contributed by atoms with Crippen LogP contribution < -0.4 is 9.46 Å². The molecule has 2 aromatic heterocycles. The fraction of sp³-hybridized carbons (Fsp3) is 0.310. The number of rotatable bonds is 10. The van der Waals surface area contributed by atoms with Gasteiger partial charge in [-0.3, -0.25) is 4.98 Å². The number of benzene rings is 2. The zero-order chi connectivity index (χ0) is 27.4. The van der Waals surface area contributed by atoms with Gasteiger partial charge in [0.1, 0.15) is 12.4 Å². The van der Waals surface area contributed by atoms with Crippen LogP contribution in [0, 0.1) is 34.6 Å². The van der Waals surface area contributed by atoms with Crippen LogP contribution in [-0.2, 0) is 28.0 Å². The SMILES string of the molecule is CCOCc1cc(COc2cc(C)nc(C)c2C)ccc1-c1ccccc1S(=O)(=O)Nc1onc(C)c1C. The monoisotopic (exact) mass is 535 g/mol. The first kappa shape index (κ1) is 27.3. The van der Waals surface area contributed by atoms with E-state index in [0.717, 1.165) is 39.4 Å². The molecule has 0 radical (unpaired) electrons. The van der Waals surface area contributed by atoms with Gasteiger partial charge < -0.3 is 14.0 Å². The maximum absolute atomic E-state index is 13.4. The third kappa shape index (κ3) is 5.89. The number of aryl methyl sites for hydroxylation is 3. The van der Waals surface area contributed by atoms with Gasteiger partial charge in [0.05, 0.1) is 17.2 Å². The van der Waals surface area contributed by atoms with Gasteiger partial charge in [-0.1, -0.05) is 35.5 Å². The number of nitrogens with one attached hydrogen (secondary N) is 1. The van der Waals surface area contributed by atoms with Gasteiger partial charge in [-0.15, -0.1) is 0 Å². The molecule has 0 atom stereocenters. The highest BCUT2D eigenvalue weighted by Crippen LogP contribution is 2.33. The Kier molecular flexibility index (Phi) is 8.18. The van der Waals surface area contributed by atoms with Crippen LogP contribution in [-0.4, -0.2) is 25.2 Å². The first-order valence-corrected chi connectivity index (χ1v) is 13.9. The van der Waals surface area contributed by atoms with Crippen LogP contribution >= 0.6 is 0 Å². The second-order valence-electron chi connectivity index (χ2n) is 9.21. The minimum atomic E-state index is -3.96. The lowest BCUT2D eigenvalue weighted by atomic mass is 9.98. The predicted octanol–water partition coefficient (Wildman–Crippen LogP) is 6.20. The average Bonchev–Trinajstić information content (AvgIpc) is 3.20. The van der Waals surface area contributed by atoms with Crippen molar-refractivity contribution >= 4 is 15.9 Å². The summed E-state index contributed by atoms with van der Waals surface area (Å²) in [6.07, 6.45) is 0. The molecule has 0 amide bonds. The normalized spacial score (nSPS) is 11.5. The van der Waals surface area contributed by atoms with E-state index in [1.54, 1.807) is 32.0 Å². The lowest BCUT2D eigenvalue weighted by molar-refractivity contribution is 0.134. The highest BCUT2D eigenvalue weighted by molar-refractivity contribution is 7.92. The standard InChI is InChI=1S/C29H33N3O5S/c1-7-35-17-24-15-23(16-36-27-14-18(2)30-21(5)19(27)3)12-13-25(24)26-10-8-9-11-28(26)38(33,34)32-29-20(4)22(6)31-37-29/h8-15,32H,7,16-17H2,1-6H3. The van der Waals surface area contributed by atoms with Crippen molar-refractivity contribution in [3.05, 3.63) is 87.9 Å². The van der Waals surface area contributed by atoms with E-state index in [1.807, 2.05) is 58.0 Å². The Balaban J connectivity index is 1.69. The van der Waals surface area contributed by atoms with Crippen molar-refractivity contribution in [1.29, 1.82) is 0 Å². The first-order chi connectivity index (χ1) is 18.1. The van der Waals surface area contributed by atoms with E-state index in [1.165, 1.54) is 0 Å². The molecule has 0 saturated carbocycles. The van der Waals surface area contributed by atoms with Crippen molar-refractivity contribution in [2.24, 2.45) is 0 Å². The predicted molar refractivity (Wildman–Crippen MR) is 147 cm³/mol. The van der Waals surface area contributed by atoms with Crippen LogP contribution in [0.25, 0.3) is 11.1 Å². The van der Waals surface area contributed by atoms with Gasteiger partial charge in [0.2, 0.25) is 5.88 Å². The summed E-state index contributed by atoms with van der Waals surface area (Å²) in [5, 5.41) is 3.85. The van der Waals surface area contributed by atoms with E-state index < -0.39 is 10.0 Å². The van der Waals surface area contributed by atoms with Crippen LogP contribution in [0.15, 0.2) is 57.9 Å². The summed E-state index contributed by atoms with van der Waals surface area (Å²) in [7, 11) is -3.96. The molecule has 4 aromatic rings. The summed E-state index contributed by atoms with van der Waals surface area (Å²) in [5.41, 5.74) is 7.25. The molecule has 0 fully saturated rings. The molecule has 0 bridgehead atoms. The van der Waals surface area contributed by atoms with E-state index >= 15 is 0 Å². The number of anilines is 1. The summed E-state index contributed by atoms with van der Waals surface area (Å²) < 4.78 is 46.5. The Morgan fingerprint density at radius 3 is 2.37 bits per heavy atom. The molecule has 8 nitrogen and oxygen atoms in total. The van der Waals surface area contributed by atoms with Crippen molar-refractivity contribution in [2.45, 2.75) is 59.7 Å². The molecular weight excluding hydrogens is 502 g/mol. The molecule has 2 heterocycles. The summed E-state index contributed by atoms with van der Waals surface area (Å²) in [6, 6.07) is 14.7. The third-order valence-corrected chi connectivity index (χ3v) is 7.86. The first-order valence-electron chi connectivity index (χ1n) is 12.4. The van der Waals surface area contributed by atoms with Gasteiger partial charge in [0, 0.05) is 40.8 Å². The molecule has 1 N–H and O–H groups in total. The lowest BCUT2D eigenvalue weighted by Crippen LogP contribution is -2.14. The summed E-state index contributed by atoms with van der Waals surface area (Å²) >= 11 is 0. The second kappa shape index (κ2) is 11.4. The maximum atomic E-state index is 13.4. The summed E-state index contributed by atoms with van der Waals surface area (Å²) in [4.78, 5) is 4.61. The highest BCUT2D eigenvalue weighted by Gasteiger charge is 2.24. The molecule has 0 unspecified atom stereocenters. The van der Waals surface area contributed by atoms with Gasteiger partial charge in [-0.05, 0) is 70.4 Å². The molecular formula is C29H33N3O5S. The van der Waals surface area contributed by atoms with Crippen LogP contribution in [0.5, 0.6) is 5.75 Å². The van der Waals surface area contributed by atoms with Crippen molar-refractivity contribution in [3.8, 4) is 16.9 Å². The van der Waals surface area contributed by atoms with Crippen molar-refractivity contribution < 1.29 is 22.4 Å². The van der Waals surface area contributed by atoms with Gasteiger partial charge in [-0.2, -0.15) is 0 Å². The second-order valence-corrected chi connectivity index (χ2v) is 10.9. The molecule has 0 saturated heterocycles. The Bertz CT molecular complexity index is 1560. The fourth-order valence-corrected chi connectivity index (χ4v) is 5.38. The van der Waals surface area contributed by atoms with Crippen LogP contribution in [0.2, 0.25) is 0 Å². The molecule has 2 aromatic carbocycles. The van der Waals surface area contributed by atoms with Crippen LogP contribution in [0.1, 0.15) is 46.3 Å². The number of aromatic nitrogens is 2. The summed E-state index contributed by atoms with van der Waals surface area (Å²) in [6.45, 7) is 12.6. The third-order valence-electron chi connectivity index (χ3n) is 6.47. The zero-order valence-electron chi connectivity index (χ0n) is 22.6. The Morgan fingerprint density at radius 1 is 0.895 bits per heavy atom. The van der Waals surface area contributed by atoms with Gasteiger partial charge in [0.15, 0.2) is 0 Å². The molecule has 9 heteroatoms. The number of hydrogen-bond acceptors (Lipinski definition) is 7. The van der Waals surface area contributed by atoms with Crippen molar-refractivity contribution in [2.75, 3.05) is 11.3 Å². The van der Waals surface area contributed by atoms with E-state index in [2.05, 4.69) is 14.9 Å². The number of nitrogens with zero attached hydrogens (tertiary/aromatic N) is 2. The van der Waals surface area contributed by atoms with Crippen molar-refractivity contribution in [3.63, 3.8) is 0 Å². The van der Waals surface area contributed by atoms with Crippen LogP contribution in [0.3, 0.4) is 0 Å². The van der Waals surface area contributed by atoms with Crippen molar-refractivity contribution in [1.82, 2.24) is 10.1 Å². The maximum Gasteiger partial charge on any atom is 0.264 e. The number of ether oxygens (including phenoxy) is 2. The Hall–Kier alpha value is -3.69. The molecule has 4 rings (SSSR count). The molecule has 200 valence electrons. The van der Waals surface area contributed by atoms with E-state index in [9.17, 15) is 8.42 Å². The highest BCUT2D eigenvalue weighted by atomic mass is 32.2. The van der Waals surface area contributed by atoms with E-state index in [4.69, 9.17) is 14.0 Å². The van der Waals surface area contributed by atoms with E-state index in [-0.39, 0.29) is 10.8 Å². The van der Waals surface area contributed by atoms with Gasteiger partial charge >= 0.3 is 0 Å². The lowest BCUT2D eigenvalue weighted by Gasteiger charge is -2.17. The minimum Gasteiger partial charge on any atom is -0.488 e. The fourth-order valence-electron chi connectivity index (χ4n) is 4.11. The molecule has 0 spiro atoms. The topological polar surface area (TPSA) is 104 Å². The van der Waals surface area contributed by atoms with Gasteiger partial charge in [-0.25, -0.2) is 13.1 Å². The molecule has 38 heavy (non-hydrogen) atoms. The summed E-state index contributed by atoms with van der Waals surface area (Å²) in [5.74, 6) is 0.905. The quantitative estimate of drug-likeness (QED) is 0.258. The number of pyridine rings is 1. The van der Waals surface area contributed by atoms with Crippen LogP contribution in [0.4, 0.5) is 5.88 Å². The Labute approximate surface area is 224 Å². The Morgan fingerprint density at radius 2 is 1.66 bits per heavy atom. The molecule has 0 aliphatic carbocycles. The number of sulfonamides is 1. The van der Waals surface area contributed by atoms with E-state index in [0.29, 0.717) is 36.6 Å². The average molecular weight is 536 g/mol.